The van der Waals surface area contributed by atoms with Crippen molar-refractivity contribution in [3.63, 3.8) is 0 Å². The van der Waals surface area contributed by atoms with Crippen molar-refractivity contribution < 1.29 is 14.5 Å². The van der Waals surface area contributed by atoms with Crippen molar-refractivity contribution in [3.05, 3.63) is 51.7 Å². The maximum Gasteiger partial charge on any atom is 0.389 e. The first-order valence-corrected chi connectivity index (χ1v) is 6.45. The SMILES string of the molecule is CCOc1ccc(C(C)=O)cc1Cn1ccc([N+](=O)[O-])n1. The monoisotopic (exact) mass is 289 g/mol. The van der Waals surface area contributed by atoms with Gasteiger partial charge in [0.15, 0.2) is 5.78 Å². The molecule has 0 unspecified atom stereocenters. The quantitative estimate of drug-likeness (QED) is 0.463. The summed E-state index contributed by atoms with van der Waals surface area (Å²) in [6.45, 7) is 4.13. The predicted molar refractivity (Wildman–Crippen MR) is 75.6 cm³/mol. The van der Waals surface area contributed by atoms with Gasteiger partial charge in [0.05, 0.1) is 30.5 Å². The van der Waals surface area contributed by atoms with Crippen molar-refractivity contribution in [1.82, 2.24) is 9.78 Å². The van der Waals surface area contributed by atoms with E-state index >= 15 is 0 Å². The molecule has 0 fully saturated rings. The molecule has 0 aliphatic carbocycles. The number of ether oxygens (including phenoxy) is 1. The molecule has 0 radical (unpaired) electrons. The summed E-state index contributed by atoms with van der Waals surface area (Å²) >= 11 is 0. The number of aromatic nitrogens is 2. The Hall–Kier alpha value is -2.70. The highest BCUT2D eigenvalue weighted by Gasteiger charge is 2.14. The Bertz CT molecular complexity index is 679. The molecule has 0 amide bonds. The third kappa shape index (κ3) is 3.44. The second-order valence-corrected chi connectivity index (χ2v) is 4.44. The molecule has 1 aromatic carbocycles. The molecule has 0 saturated carbocycles. The summed E-state index contributed by atoms with van der Waals surface area (Å²) in [4.78, 5) is 21.6. The van der Waals surface area contributed by atoms with Crippen LogP contribution in [0.5, 0.6) is 5.75 Å². The third-order valence-corrected chi connectivity index (χ3v) is 2.91. The number of nitro groups is 1. The predicted octanol–water partition coefficient (Wildman–Crippen LogP) is 2.44. The van der Waals surface area contributed by atoms with Gasteiger partial charge < -0.3 is 14.9 Å². The average molecular weight is 289 g/mol. The van der Waals surface area contributed by atoms with Crippen LogP contribution in [0.2, 0.25) is 0 Å². The van der Waals surface area contributed by atoms with Crippen molar-refractivity contribution in [2.24, 2.45) is 0 Å². The Morgan fingerprint density at radius 1 is 1.43 bits per heavy atom. The van der Waals surface area contributed by atoms with Crippen LogP contribution in [-0.2, 0) is 6.54 Å². The van der Waals surface area contributed by atoms with Crippen molar-refractivity contribution in [2.75, 3.05) is 6.61 Å². The molecular formula is C14H15N3O4. The molecule has 7 nitrogen and oxygen atoms in total. The van der Waals surface area contributed by atoms with E-state index in [1.807, 2.05) is 6.92 Å². The minimum Gasteiger partial charge on any atom is -0.494 e. The highest BCUT2D eigenvalue weighted by molar-refractivity contribution is 5.94. The molecule has 7 heteroatoms. The second-order valence-electron chi connectivity index (χ2n) is 4.44. The van der Waals surface area contributed by atoms with Crippen LogP contribution in [0.15, 0.2) is 30.5 Å². The van der Waals surface area contributed by atoms with Crippen LogP contribution < -0.4 is 4.74 Å². The standard InChI is InChI=1S/C14H15N3O4/c1-3-21-13-5-4-11(10(2)18)8-12(13)9-16-7-6-14(15-16)17(19)20/h4-8H,3,9H2,1-2H3. The van der Waals surface area contributed by atoms with Crippen LogP contribution in [0, 0.1) is 10.1 Å². The maximum absolute atomic E-state index is 11.5. The van der Waals surface area contributed by atoms with Crippen LogP contribution >= 0.6 is 0 Å². The van der Waals surface area contributed by atoms with Crippen LogP contribution in [0.4, 0.5) is 5.82 Å². The number of hydrogen-bond donors (Lipinski definition) is 0. The minimum atomic E-state index is -0.550. The van der Waals surface area contributed by atoms with Gasteiger partial charge in [0.25, 0.3) is 0 Å². The molecule has 0 N–H and O–H groups in total. The van der Waals surface area contributed by atoms with Gasteiger partial charge in [0.1, 0.15) is 5.75 Å². The van der Waals surface area contributed by atoms with Crippen LogP contribution in [0.25, 0.3) is 0 Å². The minimum absolute atomic E-state index is 0.0502. The fourth-order valence-electron chi connectivity index (χ4n) is 1.93. The number of carbonyl (C=O) groups is 1. The first-order valence-electron chi connectivity index (χ1n) is 6.45. The number of Topliss-reactive ketones (excluding diaryl/α,β-unsaturated/α-hetero) is 1. The molecule has 0 aliphatic heterocycles. The first kappa shape index (κ1) is 14.7. The zero-order valence-corrected chi connectivity index (χ0v) is 11.8. The Morgan fingerprint density at radius 2 is 2.19 bits per heavy atom. The van der Waals surface area contributed by atoms with Crippen molar-refractivity contribution in [1.29, 1.82) is 0 Å². The van der Waals surface area contributed by atoms with Crippen molar-refractivity contribution in [2.45, 2.75) is 20.4 Å². The van der Waals surface area contributed by atoms with Gasteiger partial charge in [-0.1, -0.05) is 0 Å². The third-order valence-electron chi connectivity index (χ3n) is 2.91. The molecule has 21 heavy (non-hydrogen) atoms. The van der Waals surface area contributed by atoms with E-state index in [1.165, 1.54) is 23.9 Å². The topological polar surface area (TPSA) is 87.3 Å². The lowest BCUT2D eigenvalue weighted by Gasteiger charge is -2.10. The maximum atomic E-state index is 11.5. The summed E-state index contributed by atoms with van der Waals surface area (Å²) < 4.78 is 6.96. The number of rotatable bonds is 6. The van der Waals surface area contributed by atoms with Gasteiger partial charge in [-0.05, 0) is 37.0 Å². The van der Waals surface area contributed by atoms with E-state index in [0.717, 1.165) is 5.56 Å². The van der Waals surface area contributed by atoms with E-state index in [2.05, 4.69) is 5.10 Å². The summed E-state index contributed by atoms with van der Waals surface area (Å²) in [5, 5.41) is 14.5. The van der Waals surface area contributed by atoms with E-state index in [-0.39, 0.29) is 11.6 Å². The molecule has 0 spiro atoms. The lowest BCUT2D eigenvalue weighted by Crippen LogP contribution is -2.06. The Morgan fingerprint density at radius 3 is 2.76 bits per heavy atom. The van der Waals surface area contributed by atoms with E-state index in [9.17, 15) is 14.9 Å². The van der Waals surface area contributed by atoms with Gasteiger partial charge in [-0.15, -0.1) is 0 Å². The number of ketones is 1. The van der Waals surface area contributed by atoms with E-state index in [0.29, 0.717) is 24.5 Å². The van der Waals surface area contributed by atoms with E-state index < -0.39 is 4.92 Å². The normalized spacial score (nSPS) is 10.4. The fraction of sp³-hybridized carbons (Fsp3) is 0.286. The lowest BCUT2D eigenvalue weighted by atomic mass is 10.1. The number of carbonyl (C=O) groups excluding carboxylic acids is 1. The molecule has 2 rings (SSSR count). The summed E-state index contributed by atoms with van der Waals surface area (Å²) in [5.41, 5.74) is 1.32. The molecule has 0 aliphatic rings. The molecule has 0 atom stereocenters. The number of benzene rings is 1. The van der Waals surface area contributed by atoms with Crippen molar-refractivity contribution >= 4 is 11.6 Å². The molecular weight excluding hydrogens is 274 g/mol. The fourth-order valence-corrected chi connectivity index (χ4v) is 1.93. The van der Waals surface area contributed by atoms with Crippen LogP contribution in [0.1, 0.15) is 29.8 Å². The zero-order chi connectivity index (χ0) is 15.4. The summed E-state index contributed by atoms with van der Waals surface area (Å²) in [6.07, 6.45) is 1.52. The molecule has 2 aromatic rings. The van der Waals surface area contributed by atoms with Crippen LogP contribution in [-0.4, -0.2) is 27.1 Å². The summed E-state index contributed by atoms with van der Waals surface area (Å²) in [6, 6.07) is 6.48. The van der Waals surface area contributed by atoms with E-state index in [1.54, 1.807) is 18.2 Å². The van der Waals surface area contributed by atoms with Gasteiger partial charge in [0, 0.05) is 11.1 Å². The van der Waals surface area contributed by atoms with Gasteiger partial charge in [-0.2, -0.15) is 4.68 Å². The Labute approximate surface area is 121 Å². The van der Waals surface area contributed by atoms with Crippen molar-refractivity contribution in [3.8, 4) is 5.75 Å². The smallest absolute Gasteiger partial charge is 0.389 e. The highest BCUT2D eigenvalue weighted by Crippen LogP contribution is 2.22. The molecule has 110 valence electrons. The Kier molecular flexibility index (Phi) is 4.32. The molecule has 0 saturated heterocycles. The Balaban J connectivity index is 2.32. The van der Waals surface area contributed by atoms with Gasteiger partial charge in [-0.3, -0.25) is 4.79 Å². The largest absolute Gasteiger partial charge is 0.494 e. The lowest BCUT2D eigenvalue weighted by molar-refractivity contribution is -0.389. The number of hydrogen-bond acceptors (Lipinski definition) is 5. The van der Waals surface area contributed by atoms with Gasteiger partial charge >= 0.3 is 5.82 Å². The summed E-state index contributed by atoms with van der Waals surface area (Å²) in [7, 11) is 0. The second kappa shape index (κ2) is 6.17. The zero-order valence-electron chi connectivity index (χ0n) is 11.8. The van der Waals surface area contributed by atoms with Gasteiger partial charge in [-0.25, -0.2) is 0 Å². The number of nitrogens with zero attached hydrogens (tertiary/aromatic N) is 3. The first-order chi connectivity index (χ1) is 10.0. The van der Waals surface area contributed by atoms with E-state index in [4.69, 9.17) is 4.74 Å². The highest BCUT2D eigenvalue weighted by atomic mass is 16.6. The average Bonchev–Trinajstić information content (AvgIpc) is 2.89. The molecule has 1 aromatic heterocycles. The molecule has 0 bridgehead atoms. The van der Waals surface area contributed by atoms with Crippen LogP contribution in [0.3, 0.4) is 0 Å². The van der Waals surface area contributed by atoms with Gasteiger partial charge in [0.2, 0.25) is 0 Å². The molecule has 1 heterocycles. The summed E-state index contributed by atoms with van der Waals surface area (Å²) in [5.74, 6) is 0.377.